The number of likely N-dealkylation sites (N-methyl/N-ethyl adjacent to an activating group) is 1. The minimum Gasteiger partial charge on any atom is -0.486 e. The number of urea groups is 1. The van der Waals surface area contributed by atoms with Crippen molar-refractivity contribution < 1.29 is 19.1 Å². The summed E-state index contributed by atoms with van der Waals surface area (Å²) in [6.45, 7) is 8.42. The van der Waals surface area contributed by atoms with E-state index >= 15 is 0 Å². The maximum Gasteiger partial charge on any atom is 0.338 e. The summed E-state index contributed by atoms with van der Waals surface area (Å²) in [5, 5.41) is 3.41. The Morgan fingerprint density at radius 2 is 1.81 bits per heavy atom. The lowest BCUT2D eigenvalue weighted by Crippen LogP contribution is -2.49. The van der Waals surface area contributed by atoms with E-state index < -0.39 is 12.0 Å². The van der Waals surface area contributed by atoms with Crippen molar-refractivity contribution in [1.29, 1.82) is 0 Å². The first kappa shape index (κ1) is 23.7. The number of hydrogen-bond donors (Lipinski definition) is 1. The molecule has 1 aliphatic rings. The number of carbonyl (C=O) groups excluding carboxylic acids is 2. The minimum absolute atomic E-state index is 0.000279. The Morgan fingerprint density at radius 1 is 1.12 bits per heavy atom. The van der Waals surface area contributed by atoms with E-state index in [-0.39, 0.29) is 19.2 Å². The Kier molecular flexibility index (Phi) is 7.80. The van der Waals surface area contributed by atoms with Gasteiger partial charge >= 0.3 is 12.0 Å². The topological polar surface area (TPSA) is 67.9 Å². The number of rotatable bonds is 8. The van der Waals surface area contributed by atoms with Crippen LogP contribution < -0.4 is 10.1 Å². The highest BCUT2D eigenvalue weighted by Crippen LogP contribution is 2.33. The molecule has 1 heterocycles. The summed E-state index contributed by atoms with van der Waals surface area (Å²) in [6.07, 6.45) is 0. The number of para-hydroxylation sites is 1. The standard InChI is InChI=1S/C25H29ClN2O4/c1-5-28-20(15-32-21-10-8-7-9-19(21)26)22(24(29)31-6-2)23(27-25(28)30)18-13-11-17(12-14-18)16(3)4/h7-14,16,23H,5-6,15H2,1-4H3,(H,27,30)/t23-/m0/s1. The molecule has 2 aromatic carbocycles. The number of esters is 1. The molecule has 0 saturated carbocycles. The summed E-state index contributed by atoms with van der Waals surface area (Å²) in [7, 11) is 0. The Bertz CT molecular complexity index is 1000. The molecule has 0 spiro atoms. The van der Waals surface area contributed by atoms with Crippen molar-refractivity contribution in [1.82, 2.24) is 10.2 Å². The number of nitrogens with one attached hydrogen (secondary N) is 1. The van der Waals surface area contributed by atoms with Gasteiger partial charge in [-0.3, -0.25) is 4.90 Å². The van der Waals surface area contributed by atoms with E-state index in [1.165, 1.54) is 10.5 Å². The Hall–Kier alpha value is -2.99. The van der Waals surface area contributed by atoms with Gasteiger partial charge in [-0.25, -0.2) is 9.59 Å². The Morgan fingerprint density at radius 3 is 2.41 bits per heavy atom. The summed E-state index contributed by atoms with van der Waals surface area (Å²) in [4.78, 5) is 27.5. The van der Waals surface area contributed by atoms with Crippen molar-refractivity contribution in [2.45, 2.75) is 39.7 Å². The number of amides is 2. The van der Waals surface area contributed by atoms with Crippen molar-refractivity contribution in [3.8, 4) is 5.75 Å². The first-order valence-electron chi connectivity index (χ1n) is 10.8. The molecular formula is C25H29ClN2O4. The molecule has 1 aliphatic heterocycles. The molecule has 1 atom stereocenters. The molecule has 7 heteroatoms. The van der Waals surface area contributed by atoms with E-state index in [4.69, 9.17) is 21.1 Å². The molecule has 170 valence electrons. The molecule has 32 heavy (non-hydrogen) atoms. The highest BCUT2D eigenvalue weighted by molar-refractivity contribution is 6.32. The monoisotopic (exact) mass is 456 g/mol. The van der Waals surface area contributed by atoms with Crippen molar-refractivity contribution in [2.75, 3.05) is 19.8 Å². The van der Waals surface area contributed by atoms with Crippen molar-refractivity contribution in [3.63, 3.8) is 0 Å². The first-order chi connectivity index (χ1) is 15.4. The average Bonchev–Trinajstić information content (AvgIpc) is 2.78. The first-order valence-corrected chi connectivity index (χ1v) is 11.2. The summed E-state index contributed by atoms with van der Waals surface area (Å²) >= 11 is 6.23. The quantitative estimate of drug-likeness (QED) is 0.536. The van der Waals surface area contributed by atoms with Gasteiger partial charge in [-0.05, 0) is 43.0 Å². The molecule has 0 fully saturated rings. The van der Waals surface area contributed by atoms with Crippen LogP contribution in [0.3, 0.4) is 0 Å². The molecule has 0 aromatic heterocycles. The molecular weight excluding hydrogens is 428 g/mol. The molecule has 1 N–H and O–H groups in total. The maximum absolute atomic E-state index is 13.1. The zero-order chi connectivity index (χ0) is 23.3. The third kappa shape index (κ3) is 5.07. The minimum atomic E-state index is -0.643. The van der Waals surface area contributed by atoms with Gasteiger partial charge in [0, 0.05) is 6.54 Å². The van der Waals surface area contributed by atoms with Crippen LogP contribution in [0.5, 0.6) is 5.75 Å². The third-order valence-electron chi connectivity index (χ3n) is 5.39. The molecule has 0 radical (unpaired) electrons. The van der Waals surface area contributed by atoms with Crippen LogP contribution in [0.2, 0.25) is 5.02 Å². The van der Waals surface area contributed by atoms with Crippen LogP contribution in [-0.4, -0.2) is 36.7 Å². The largest absolute Gasteiger partial charge is 0.486 e. The molecule has 2 amide bonds. The highest BCUT2D eigenvalue weighted by Gasteiger charge is 2.38. The molecule has 0 bridgehead atoms. The number of halogens is 1. The highest BCUT2D eigenvalue weighted by atomic mass is 35.5. The zero-order valence-electron chi connectivity index (χ0n) is 18.9. The summed E-state index contributed by atoms with van der Waals surface area (Å²) in [5.41, 5.74) is 2.80. The van der Waals surface area contributed by atoms with Gasteiger partial charge in [0.1, 0.15) is 12.4 Å². The Balaban J connectivity index is 2.06. The molecule has 6 nitrogen and oxygen atoms in total. The molecule has 3 rings (SSSR count). The number of nitrogens with zero attached hydrogens (tertiary/aromatic N) is 1. The fourth-order valence-corrected chi connectivity index (χ4v) is 3.86. The lowest BCUT2D eigenvalue weighted by atomic mass is 9.92. The molecule has 0 saturated heterocycles. The van der Waals surface area contributed by atoms with Crippen molar-refractivity contribution >= 4 is 23.6 Å². The van der Waals surface area contributed by atoms with Crippen LogP contribution >= 0.6 is 11.6 Å². The van der Waals surface area contributed by atoms with Gasteiger partial charge in [-0.15, -0.1) is 0 Å². The van der Waals surface area contributed by atoms with E-state index in [1.807, 2.05) is 43.3 Å². The molecule has 2 aromatic rings. The van der Waals surface area contributed by atoms with Crippen molar-refractivity contribution in [3.05, 3.63) is 76.0 Å². The lowest BCUT2D eigenvalue weighted by Gasteiger charge is -2.36. The molecule has 0 unspecified atom stereocenters. The van der Waals surface area contributed by atoms with Gasteiger partial charge in [0.05, 0.1) is 28.9 Å². The van der Waals surface area contributed by atoms with Crippen LogP contribution in [0.1, 0.15) is 50.8 Å². The molecule has 0 aliphatic carbocycles. The van der Waals surface area contributed by atoms with Crippen molar-refractivity contribution in [2.24, 2.45) is 0 Å². The van der Waals surface area contributed by atoms with Crippen LogP contribution in [0.25, 0.3) is 0 Å². The van der Waals surface area contributed by atoms with E-state index in [0.717, 1.165) is 5.56 Å². The maximum atomic E-state index is 13.1. The van der Waals surface area contributed by atoms with Gasteiger partial charge in [0.2, 0.25) is 0 Å². The normalized spacial score (nSPS) is 16.2. The van der Waals surface area contributed by atoms with Crippen LogP contribution in [-0.2, 0) is 9.53 Å². The van der Waals surface area contributed by atoms with Crippen LogP contribution in [0.15, 0.2) is 59.8 Å². The predicted octanol–water partition coefficient (Wildman–Crippen LogP) is 5.45. The van der Waals surface area contributed by atoms with Gasteiger partial charge in [-0.2, -0.15) is 0 Å². The number of hydrogen-bond acceptors (Lipinski definition) is 4. The summed E-state index contributed by atoms with van der Waals surface area (Å²) in [6, 6.07) is 14.1. The van der Waals surface area contributed by atoms with E-state index in [1.54, 1.807) is 19.1 Å². The van der Waals surface area contributed by atoms with E-state index in [2.05, 4.69) is 19.2 Å². The van der Waals surface area contributed by atoms with E-state index in [0.29, 0.717) is 34.5 Å². The summed E-state index contributed by atoms with van der Waals surface area (Å²) in [5.74, 6) is 0.367. The summed E-state index contributed by atoms with van der Waals surface area (Å²) < 4.78 is 11.3. The third-order valence-corrected chi connectivity index (χ3v) is 5.70. The second kappa shape index (κ2) is 10.6. The average molecular weight is 457 g/mol. The van der Waals surface area contributed by atoms with Gasteiger partial charge in [0.15, 0.2) is 0 Å². The van der Waals surface area contributed by atoms with Gasteiger partial charge < -0.3 is 14.8 Å². The van der Waals surface area contributed by atoms with Gasteiger partial charge in [-0.1, -0.05) is 61.8 Å². The smallest absolute Gasteiger partial charge is 0.338 e. The fraction of sp³-hybridized carbons (Fsp3) is 0.360. The van der Waals surface area contributed by atoms with Gasteiger partial charge in [0.25, 0.3) is 0 Å². The van der Waals surface area contributed by atoms with Crippen LogP contribution in [0.4, 0.5) is 4.79 Å². The number of carbonyl (C=O) groups is 2. The zero-order valence-corrected chi connectivity index (χ0v) is 19.6. The SMILES string of the molecule is CCOC(=O)C1=C(COc2ccccc2Cl)N(CC)C(=O)N[C@H]1c1ccc(C(C)C)cc1. The second-order valence-electron chi connectivity index (χ2n) is 7.75. The number of benzene rings is 2. The lowest BCUT2D eigenvalue weighted by molar-refractivity contribution is -0.139. The van der Waals surface area contributed by atoms with E-state index in [9.17, 15) is 9.59 Å². The number of ether oxygens (including phenoxy) is 2. The second-order valence-corrected chi connectivity index (χ2v) is 8.16. The van der Waals surface area contributed by atoms with Crippen LogP contribution in [0, 0.1) is 0 Å². The Labute approximate surface area is 194 Å². The fourth-order valence-electron chi connectivity index (χ4n) is 3.67. The predicted molar refractivity (Wildman–Crippen MR) is 125 cm³/mol.